The van der Waals surface area contributed by atoms with Crippen molar-refractivity contribution in [1.82, 2.24) is 0 Å². The monoisotopic (exact) mass is 234 g/mol. The molecular formula is C9H14O3S2. The topological polar surface area (TPSA) is 54.4 Å². The van der Waals surface area contributed by atoms with Crippen molar-refractivity contribution in [3.63, 3.8) is 0 Å². The normalized spacial score (nSPS) is 11.2. The van der Waals surface area contributed by atoms with E-state index in [1.165, 1.54) is 0 Å². The lowest BCUT2D eigenvalue weighted by molar-refractivity contribution is -0.137. The summed E-state index contributed by atoms with van der Waals surface area (Å²) in [6.07, 6.45) is 2.21. The van der Waals surface area contributed by atoms with Gasteiger partial charge in [-0.1, -0.05) is 12.1 Å². The van der Waals surface area contributed by atoms with Gasteiger partial charge in [0.15, 0.2) is 0 Å². The van der Waals surface area contributed by atoms with Crippen LogP contribution in [0.3, 0.4) is 0 Å². The van der Waals surface area contributed by atoms with Crippen molar-refractivity contribution < 1.29 is 14.1 Å². The molecule has 0 spiro atoms. The average molecular weight is 234 g/mol. The Bertz CT molecular complexity index is 226. The molecule has 0 aliphatic carbocycles. The van der Waals surface area contributed by atoms with E-state index in [-0.39, 0.29) is 6.42 Å². The highest BCUT2D eigenvalue weighted by atomic mass is 32.2. The second kappa shape index (κ2) is 8.90. The van der Waals surface area contributed by atoms with E-state index in [9.17, 15) is 9.00 Å². The van der Waals surface area contributed by atoms with Gasteiger partial charge in [-0.25, -0.2) is 0 Å². The molecule has 0 aliphatic rings. The lowest BCUT2D eigenvalue weighted by Gasteiger charge is -1.90. The van der Waals surface area contributed by atoms with E-state index in [0.29, 0.717) is 12.2 Å². The summed E-state index contributed by atoms with van der Waals surface area (Å²) in [5.41, 5.74) is 0. The first-order valence-electron chi connectivity index (χ1n) is 4.12. The molecule has 0 amide bonds. The Morgan fingerprint density at radius 1 is 1.43 bits per heavy atom. The zero-order chi connectivity index (χ0) is 10.8. The first-order chi connectivity index (χ1) is 6.63. The molecule has 1 unspecified atom stereocenters. The van der Waals surface area contributed by atoms with Gasteiger partial charge in [0.25, 0.3) is 0 Å². The van der Waals surface area contributed by atoms with Gasteiger partial charge < -0.3 is 5.11 Å². The Morgan fingerprint density at radius 2 is 2.00 bits per heavy atom. The van der Waals surface area contributed by atoms with Crippen LogP contribution in [0, 0.1) is 0 Å². The Labute approximate surface area is 90.2 Å². The second-order valence-electron chi connectivity index (χ2n) is 2.57. The molecular weight excluding hydrogens is 220 g/mol. The van der Waals surface area contributed by atoms with Crippen LogP contribution in [0.4, 0.5) is 0 Å². The molecule has 0 saturated carbocycles. The minimum absolute atomic E-state index is 0.125. The van der Waals surface area contributed by atoms with Crippen molar-refractivity contribution in [1.29, 1.82) is 0 Å². The van der Waals surface area contributed by atoms with Gasteiger partial charge in [0.05, 0.1) is 0 Å². The minimum atomic E-state index is -0.845. The summed E-state index contributed by atoms with van der Waals surface area (Å²) >= 11 is 1.71. The van der Waals surface area contributed by atoms with Gasteiger partial charge in [-0.15, -0.1) is 0 Å². The summed E-state index contributed by atoms with van der Waals surface area (Å²) in [7, 11) is -0.845. The van der Waals surface area contributed by atoms with E-state index in [1.807, 2.05) is 22.9 Å². The van der Waals surface area contributed by atoms with Crippen LogP contribution in [-0.2, 0) is 15.6 Å². The lowest BCUT2D eigenvalue weighted by Crippen LogP contribution is -1.99. The molecule has 3 nitrogen and oxygen atoms in total. The number of hydrogen-bond donors (Lipinski definition) is 1. The van der Waals surface area contributed by atoms with Crippen molar-refractivity contribution in [2.24, 2.45) is 0 Å². The first kappa shape index (κ1) is 13.3. The summed E-state index contributed by atoms with van der Waals surface area (Å²) in [4.78, 5) is 9.88. The van der Waals surface area contributed by atoms with Crippen molar-refractivity contribution in [3.05, 3.63) is 22.9 Å². The Balaban J connectivity index is 0.000000280. The molecule has 1 heterocycles. The van der Waals surface area contributed by atoms with Gasteiger partial charge >= 0.3 is 5.97 Å². The van der Waals surface area contributed by atoms with Crippen LogP contribution in [0.15, 0.2) is 22.9 Å². The number of hydrogen-bond acceptors (Lipinski definition) is 3. The number of rotatable bonds is 4. The fourth-order valence-corrected chi connectivity index (χ4v) is 1.66. The highest BCUT2D eigenvalue weighted by molar-refractivity contribution is 7.84. The minimum Gasteiger partial charge on any atom is -0.481 e. The molecule has 80 valence electrons. The smallest absolute Gasteiger partial charge is 0.303 e. The summed E-state index contributed by atoms with van der Waals surface area (Å²) in [6, 6.07) is 4.04. The number of carbonyl (C=O) groups is 1. The molecule has 0 fully saturated rings. The van der Waals surface area contributed by atoms with Crippen LogP contribution in [0.1, 0.15) is 12.8 Å². The third-order valence-electron chi connectivity index (χ3n) is 1.25. The standard InChI is InChI=1S/C5H10O3S.C4H4S/c1-9(8)4-2-3-5(6)7;1-2-4-5-3-1/h2-4H2,1H3,(H,6,7);1-4H. The quantitative estimate of drug-likeness (QED) is 0.866. The van der Waals surface area contributed by atoms with Crippen LogP contribution < -0.4 is 0 Å². The van der Waals surface area contributed by atoms with Crippen molar-refractivity contribution in [3.8, 4) is 0 Å². The molecule has 0 radical (unpaired) electrons. The predicted octanol–water partition coefficient (Wildman–Crippen LogP) is 1.98. The SMILES string of the molecule is CS(=O)CCCC(=O)O.c1ccsc1. The zero-order valence-corrected chi connectivity index (χ0v) is 9.64. The zero-order valence-electron chi connectivity index (χ0n) is 8.01. The molecule has 1 aromatic heterocycles. The average Bonchev–Trinajstić information content (AvgIpc) is 2.58. The summed E-state index contributed by atoms with van der Waals surface area (Å²) in [6.45, 7) is 0. The van der Waals surface area contributed by atoms with Crippen LogP contribution >= 0.6 is 11.3 Å². The van der Waals surface area contributed by atoms with Crippen LogP contribution in [0.2, 0.25) is 0 Å². The molecule has 14 heavy (non-hydrogen) atoms. The Kier molecular flexibility index (Phi) is 8.47. The largest absolute Gasteiger partial charge is 0.481 e. The molecule has 5 heteroatoms. The van der Waals surface area contributed by atoms with Crippen LogP contribution in [0.5, 0.6) is 0 Å². The van der Waals surface area contributed by atoms with Crippen molar-refractivity contribution in [2.75, 3.05) is 12.0 Å². The summed E-state index contributed by atoms with van der Waals surface area (Å²) in [5.74, 6) is -0.327. The fourth-order valence-electron chi connectivity index (χ4n) is 0.653. The van der Waals surface area contributed by atoms with E-state index in [4.69, 9.17) is 5.11 Å². The van der Waals surface area contributed by atoms with E-state index in [1.54, 1.807) is 17.6 Å². The molecule has 0 aromatic carbocycles. The molecule has 0 bridgehead atoms. The molecule has 1 aromatic rings. The second-order valence-corrected chi connectivity index (χ2v) is 4.94. The maximum absolute atomic E-state index is 10.3. The van der Waals surface area contributed by atoms with Crippen molar-refractivity contribution >= 4 is 28.1 Å². The van der Waals surface area contributed by atoms with Gasteiger partial charge in [-0.2, -0.15) is 11.3 Å². The van der Waals surface area contributed by atoms with E-state index >= 15 is 0 Å². The third kappa shape index (κ3) is 11.3. The van der Waals surface area contributed by atoms with Gasteiger partial charge in [-0.05, 0) is 17.2 Å². The number of aliphatic carboxylic acids is 1. The first-order valence-corrected chi connectivity index (χ1v) is 6.79. The highest BCUT2D eigenvalue weighted by Gasteiger charge is 1.96. The molecule has 1 rings (SSSR count). The third-order valence-corrected chi connectivity index (χ3v) is 2.74. The molecule has 0 saturated heterocycles. The molecule has 1 atom stereocenters. The molecule has 1 N–H and O–H groups in total. The van der Waals surface area contributed by atoms with Gasteiger partial charge in [-0.3, -0.25) is 9.00 Å². The van der Waals surface area contributed by atoms with Gasteiger partial charge in [0, 0.05) is 29.2 Å². The number of carboxylic acid groups (broad SMARTS) is 1. The van der Waals surface area contributed by atoms with Gasteiger partial charge in [0.1, 0.15) is 0 Å². The maximum atomic E-state index is 10.3. The molecule has 0 aliphatic heterocycles. The van der Waals surface area contributed by atoms with E-state index in [2.05, 4.69) is 0 Å². The summed E-state index contributed by atoms with van der Waals surface area (Å²) in [5, 5.41) is 12.2. The van der Waals surface area contributed by atoms with E-state index < -0.39 is 16.8 Å². The van der Waals surface area contributed by atoms with E-state index in [0.717, 1.165) is 0 Å². The Hall–Kier alpha value is -0.680. The predicted molar refractivity (Wildman–Crippen MR) is 60.1 cm³/mol. The number of carboxylic acids is 1. The van der Waals surface area contributed by atoms with Gasteiger partial charge in [0.2, 0.25) is 0 Å². The fraction of sp³-hybridized carbons (Fsp3) is 0.444. The maximum Gasteiger partial charge on any atom is 0.303 e. The van der Waals surface area contributed by atoms with Crippen LogP contribution in [-0.4, -0.2) is 27.3 Å². The van der Waals surface area contributed by atoms with Crippen LogP contribution in [0.25, 0.3) is 0 Å². The number of thiophene rings is 1. The Morgan fingerprint density at radius 3 is 2.29 bits per heavy atom. The summed E-state index contributed by atoms with van der Waals surface area (Å²) < 4.78 is 10.3. The van der Waals surface area contributed by atoms with Crippen molar-refractivity contribution in [2.45, 2.75) is 12.8 Å². The highest BCUT2D eigenvalue weighted by Crippen LogP contribution is 1.91. The lowest BCUT2D eigenvalue weighted by atomic mass is 10.3.